The zero-order valence-electron chi connectivity index (χ0n) is 9.18. The maximum Gasteiger partial charge on any atom is 0.396 e. The van der Waals surface area contributed by atoms with Gasteiger partial charge in [0.25, 0.3) is 5.89 Å². The Morgan fingerprint density at radius 2 is 2.17 bits per heavy atom. The normalized spacial score (nSPS) is 12.0. The Balaban J connectivity index is 2.13. The van der Waals surface area contributed by atoms with Gasteiger partial charge in [0.15, 0.2) is 5.82 Å². The molecular weight excluding hydrogens is 251 g/mol. The Bertz CT molecular complexity index is 518. The molecule has 0 bridgehead atoms. The first kappa shape index (κ1) is 12.6. The standard InChI is InChI=1S/C9H10F3N5O/c10-9(11,12)3-7-15-8(18-16-7)6-4-17(2-1-13)5-14-6/h4-5H,1-3,13H2. The van der Waals surface area contributed by atoms with Gasteiger partial charge in [-0.3, -0.25) is 0 Å². The minimum atomic E-state index is -4.36. The number of hydrogen-bond donors (Lipinski definition) is 1. The SMILES string of the molecule is NCCn1cnc(-c2nc(CC(F)(F)F)no2)c1. The van der Waals surface area contributed by atoms with Crippen LogP contribution in [0.25, 0.3) is 11.6 Å². The van der Waals surface area contributed by atoms with Crippen LogP contribution >= 0.6 is 0 Å². The Labute approximate surface area is 99.6 Å². The molecule has 18 heavy (non-hydrogen) atoms. The number of aromatic nitrogens is 4. The predicted molar refractivity (Wildman–Crippen MR) is 54.3 cm³/mol. The molecule has 0 radical (unpaired) electrons. The van der Waals surface area contributed by atoms with Crippen LogP contribution in [0.5, 0.6) is 0 Å². The second-order valence-corrected chi connectivity index (χ2v) is 3.59. The Morgan fingerprint density at radius 3 is 2.83 bits per heavy atom. The van der Waals surface area contributed by atoms with Crippen LogP contribution in [0.3, 0.4) is 0 Å². The smallest absolute Gasteiger partial charge is 0.335 e. The fraction of sp³-hybridized carbons (Fsp3) is 0.444. The molecule has 2 rings (SSSR count). The maximum atomic E-state index is 12.1. The molecule has 0 fully saturated rings. The van der Waals surface area contributed by atoms with Crippen molar-refractivity contribution in [2.75, 3.05) is 6.54 Å². The highest BCUT2D eigenvalue weighted by atomic mass is 19.4. The van der Waals surface area contributed by atoms with E-state index in [1.807, 2.05) is 0 Å². The van der Waals surface area contributed by atoms with Crippen LogP contribution in [0.1, 0.15) is 5.82 Å². The quantitative estimate of drug-likeness (QED) is 0.887. The molecule has 0 saturated carbocycles. The van der Waals surface area contributed by atoms with Crippen molar-refractivity contribution in [3.05, 3.63) is 18.3 Å². The number of nitrogens with zero attached hydrogens (tertiary/aromatic N) is 4. The van der Waals surface area contributed by atoms with E-state index in [4.69, 9.17) is 10.3 Å². The third-order valence-electron chi connectivity index (χ3n) is 2.07. The Hall–Kier alpha value is -1.90. The van der Waals surface area contributed by atoms with Crippen LogP contribution < -0.4 is 5.73 Å². The fourth-order valence-corrected chi connectivity index (χ4v) is 1.35. The van der Waals surface area contributed by atoms with Crippen molar-refractivity contribution < 1.29 is 17.7 Å². The second-order valence-electron chi connectivity index (χ2n) is 3.59. The van der Waals surface area contributed by atoms with E-state index in [1.54, 1.807) is 10.8 Å². The molecule has 0 saturated heterocycles. The van der Waals surface area contributed by atoms with E-state index < -0.39 is 18.4 Å². The van der Waals surface area contributed by atoms with Gasteiger partial charge in [-0.1, -0.05) is 5.16 Å². The summed E-state index contributed by atoms with van der Waals surface area (Å²) in [6.45, 7) is 0.982. The molecule has 0 aromatic carbocycles. The summed E-state index contributed by atoms with van der Waals surface area (Å²) >= 11 is 0. The van der Waals surface area contributed by atoms with Gasteiger partial charge in [-0.05, 0) is 0 Å². The van der Waals surface area contributed by atoms with Gasteiger partial charge in [-0.15, -0.1) is 0 Å². The summed E-state index contributed by atoms with van der Waals surface area (Å²) in [4.78, 5) is 7.58. The van der Waals surface area contributed by atoms with Gasteiger partial charge in [-0.25, -0.2) is 4.98 Å². The molecule has 2 aromatic rings. The zero-order chi connectivity index (χ0) is 13.2. The molecule has 2 heterocycles. The summed E-state index contributed by atoms with van der Waals surface area (Å²) in [6.07, 6.45) is -2.51. The van der Waals surface area contributed by atoms with Crippen molar-refractivity contribution in [1.29, 1.82) is 0 Å². The lowest BCUT2D eigenvalue weighted by atomic mass is 10.4. The largest absolute Gasteiger partial charge is 0.396 e. The maximum absolute atomic E-state index is 12.1. The van der Waals surface area contributed by atoms with Gasteiger partial charge >= 0.3 is 6.18 Å². The third kappa shape index (κ3) is 3.06. The molecule has 9 heteroatoms. The molecule has 0 spiro atoms. The van der Waals surface area contributed by atoms with E-state index in [1.165, 1.54) is 6.33 Å². The molecule has 0 unspecified atom stereocenters. The molecular formula is C9H10F3N5O. The summed E-state index contributed by atoms with van der Waals surface area (Å²) in [5, 5.41) is 3.25. The molecule has 0 atom stereocenters. The average Bonchev–Trinajstić information content (AvgIpc) is 2.85. The number of alkyl halides is 3. The summed E-state index contributed by atoms with van der Waals surface area (Å²) in [7, 11) is 0. The molecule has 2 aromatic heterocycles. The van der Waals surface area contributed by atoms with Crippen molar-refractivity contribution in [2.24, 2.45) is 5.73 Å². The van der Waals surface area contributed by atoms with Gasteiger partial charge in [0, 0.05) is 19.3 Å². The topological polar surface area (TPSA) is 82.8 Å². The highest BCUT2D eigenvalue weighted by Crippen LogP contribution is 2.21. The van der Waals surface area contributed by atoms with Crippen molar-refractivity contribution in [3.8, 4) is 11.6 Å². The van der Waals surface area contributed by atoms with E-state index in [2.05, 4.69) is 15.1 Å². The lowest BCUT2D eigenvalue weighted by molar-refractivity contribution is -0.128. The fourth-order valence-electron chi connectivity index (χ4n) is 1.35. The zero-order valence-corrected chi connectivity index (χ0v) is 9.18. The van der Waals surface area contributed by atoms with Gasteiger partial charge in [0.2, 0.25) is 0 Å². The minimum absolute atomic E-state index is 0.0370. The van der Waals surface area contributed by atoms with Gasteiger partial charge < -0.3 is 14.8 Å². The van der Waals surface area contributed by atoms with E-state index >= 15 is 0 Å². The molecule has 0 aliphatic heterocycles. The summed E-state index contributed by atoms with van der Waals surface area (Å²) in [5.74, 6) is -0.448. The van der Waals surface area contributed by atoms with Crippen LogP contribution in [0.15, 0.2) is 17.0 Å². The first-order chi connectivity index (χ1) is 8.48. The van der Waals surface area contributed by atoms with Crippen molar-refractivity contribution in [3.63, 3.8) is 0 Å². The second kappa shape index (κ2) is 4.77. The van der Waals surface area contributed by atoms with Crippen molar-refractivity contribution in [2.45, 2.75) is 19.1 Å². The molecule has 0 aliphatic rings. The van der Waals surface area contributed by atoms with E-state index in [0.29, 0.717) is 18.8 Å². The summed E-state index contributed by atoms with van der Waals surface area (Å²) < 4.78 is 42.7. The van der Waals surface area contributed by atoms with Gasteiger partial charge in [0.1, 0.15) is 12.1 Å². The number of nitrogens with two attached hydrogens (primary N) is 1. The first-order valence-electron chi connectivity index (χ1n) is 5.09. The molecule has 6 nitrogen and oxygen atoms in total. The number of halogens is 3. The Morgan fingerprint density at radius 1 is 1.39 bits per heavy atom. The van der Waals surface area contributed by atoms with Crippen molar-refractivity contribution >= 4 is 0 Å². The molecule has 0 amide bonds. The average molecular weight is 261 g/mol. The monoisotopic (exact) mass is 261 g/mol. The highest BCUT2D eigenvalue weighted by molar-refractivity contribution is 5.44. The van der Waals surface area contributed by atoms with Crippen molar-refractivity contribution in [1.82, 2.24) is 19.7 Å². The van der Waals surface area contributed by atoms with Crippen LogP contribution in [0, 0.1) is 0 Å². The van der Waals surface area contributed by atoms with Crippen LogP contribution in [0.2, 0.25) is 0 Å². The van der Waals surface area contributed by atoms with Crippen LogP contribution in [0.4, 0.5) is 13.2 Å². The lowest BCUT2D eigenvalue weighted by Crippen LogP contribution is -2.12. The molecule has 0 aliphatic carbocycles. The van der Waals surface area contributed by atoms with E-state index in [0.717, 1.165) is 0 Å². The van der Waals surface area contributed by atoms with Gasteiger partial charge in [-0.2, -0.15) is 18.2 Å². The number of hydrogen-bond acceptors (Lipinski definition) is 5. The summed E-state index contributed by atoms with van der Waals surface area (Å²) in [6, 6.07) is 0. The molecule has 98 valence electrons. The Kier molecular flexibility index (Phi) is 3.32. The molecule has 2 N–H and O–H groups in total. The highest BCUT2D eigenvalue weighted by Gasteiger charge is 2.30. The van der Waals surface area contributed by atoms with Crippen LogP contribution in [-0.4, -0.2) is 32.4 Å². The summed E-state index contributed by atoms with van der Waals surface area (Å²) in [5.41, 5.74) is 5.68. The van der Waals surface area contributed by atoms with Crippen LogP contribution in [-0.2, 0) is 13.0 Å². The minimum Gasteiger partial charge on any atom is -0.335 e. The predicted octanol–water partition coefficient (Wildman–Crippen LogP) is 0.997. The first-order valence-corrected chi connectivity index (χ1v) is 5.09. The van der Waals surface area contributed by atoms with E-state index in [9.17, 15) is 13.2 Å². The van der Waals surface area contributed by atoms with Gasteiger partial charge in [0.05, 0.1) is 6.33 Å². The lowest BCUT2D eigenvalue weighted by Gasteiger charge is -1.99. The number of imidazole rings is 1. The number of rotatable bonds is 4. The van der Waals surface area contributed by atoms with E-state index in [-0.39, 0.29) is 5.89 Å². The third-order valence-corrected chi connectivity index (χ3v) is 2.07.